The number of carboxylic acids is 1. The van der Waals surface area contributed by atoms with Crippen molar-refractivity contribution in [3.05, 3.63) is 88.0 Å². The Morgan fingerprint density at radius 2 is 1.83 bits per heavy atom. The second-order valence-electron chi connectivity index (χ2n) is 7.44. The van der Waals surface area contributed by atoms with Gasteiger partial charge >= 0.3 is 5.97 Å². The highest BCUT2D eigenvalue weighted by molar-refractivity contribution is 5.88. The topological polar surface area (TPSA) is 78.7 Å². The zero-order valence-corrected chi connectivity index (χ0v) is 17.4. The SMILES string of the molecule is Cc1ccc(C(=O)O)cc1-n1ccnc(N(CCN(C)C)Cc2ccccc2)c1=O. The van der Waals surface area contributed by atoms with Crippen molar-refractivity contribution in [2.24, 2.45) is 0 Å². The summed E-state index contributed by atoms with van der Waals surface area (Å²) < 4.78 is 1.47. The molecule has 0 amide bonds. The number of aromatic carboxylic acids is 1. The minimum absolute atomic E-state index is 0.134. The van der Waals surface area contributed by atoms with Crippen LogP contribution < -0.4 is 10.5 Å². The van der Waals surface area contributed by atoms with Crippen LogP contribution in [-0.2, 0) is 6.54 Å². The number of carbonyl (C=O) groups is 1. The maximum atomic E-state index is 13.4. The smallest absolute Gasteiger partial charge is 0.335 e. The lowest BCUT2D eigenvalue weighted by Crippen LogP contribution is -2.37. The van der Waals surface area contributed by atoms with Gasteiger partial charge in [0.25, 0.3) is 5.56 Å². The third-order valence-corrected chi connectivity index (χ3v) is 4.87. The first-order chi connectivity index (χ1) is 14.4. The summed E-state index contributed by atoms with van der Waals surface area (Å²) in [5.41, 5.74) is 2.28. The van der Waals surface area contributed by atoms with Crippen LogP contribution in [0.1, 0.15) is 21.5 Å². The molecule has 0 fully saturated rings. The molecule has 30 heavy (non-hydrogen) atoms. The van der Waals surface area contributed by atoms with Crippen LogP contribution in [0.3, 0.4) is 0 Å². The minimum atomic E-state index is -1.03. The van der Waals surface area contributed by atoms with Crippen molar-refractivity contribution < 1.29 is 9.90 Å². The maximum Gasteiger partial charge on any atom is 0.335 e. The minimum Gasteiger partial charge on any atom is -0.478 e. The van der Waals surface area contributed by atoms with Gasteiger partial charge in [-0.05, 0) is 44.3 Å². The maximum absolute atomic E-state index is 13.4. The van der Waals surface area contributed by atoms with E-state index in [0.717, 1.165) is 17.7 Å². The molecule has 3 aromatic rings. The Hall–Kier alpha value is -3.45. The lowest BCUT2D eigenvalue weighted by Gasteiger charge is -2.25. The van der Waals surface area contributed by atoms with Gasteiger partial charge in [0.15, 0.2) is 5.82 Å². The predicted octanol–water partition coefficient (Wildman–Crippen LogP) is 2.81. The second-order valence-corrected chi connectivity index (χ2v) is 7.44. The molecule has 0 aliphatic carbocycles. The average Bonchev–Trinajstić information content (AvgIpc) is 2.72. The fourth-order valence-electron chi connectivity index (χ4n) is 3.19. The second kappa shape index (κ2) is 9.37. The van der Waals surface area contributed by atoms with E-state index in [2.05, 4.69) is 9.88 Å². The van der Waals surface area contributed by atoms with Gasteiger partial charge in [-0.2, -0.15) is 0 Å². The summed E-state index contributed by atoms with van der Waals surface area (Å²) in [7, 11) is 3.97. The number of anilines is 1. The first-order valence-corrected chi connectivity index (χ1v) is 9.72. The van der Waals surface area contributed by atoms with Gasteiger partial charge in [-0.1, -0.05) is 36.4 Å². The van der Waals surface area contributed by atoms with E-state index < -0.39 is 5.97 Å². The molecule has 7 heteroatoms. The number of hydrogen-bond acceptors (Lipinski definition) is 5. The number of likely N-dealkylation sites (N-methyl/N-ethyl adjacent to an activating group) is 1. The largest absolute Gasteiger partial charge is 0.478 e. The van der Waals surface area contributed by atoms with Crippen LogP contribution in [0.25, 0.3) is 5.69 Å². The Kier molecular flexibility index (Phi) is 6.64. The van der Waals surface area contributed by atoms with E-state index in [1.54, 1.807) is 18.5 Å². The molecule has 0 aliphatic rings. The van der Waals surface area contributed by atoms with E-state index >= 15 is 0 Å². The quantitative estimate of drug-likeness (QED) is 0.620. The number of carboxylic acid groups (broad SMARTS) is 1. The molecule has 156 valence electrons. The molecule has 1 heterocycles. The fraction of sp³-hybridized carbons (Fsp3) is 0.261. The van der Waals surface area contributed by atoms with Crippen molar-refractivity contribution >= 4 is 11.8 Å². The van der Waals surface area contributed by atoms with Crippen LogP contribution in [0, 0.1) is 6.92 Å². The molecular weight excluding hydrogens is 380 g/mol. The summed E-state index contributed by atoms with van der Waals surface area (Å²) in [4.78, 5) is 33.2. The fourth-order valence-corrected chi connectivity index (χ4v) is 3.19. The highest BCUT2D eigenvalue weighted by atomic mass is 16.4. The molecule has 0 aliphatic heterocycles. The summed E-state index contributed by atoms with van der Waals surface area (Å²) in [5.74, 6) is -0.696. The highest BCUT2D eigenvalue weighted by Gasteiger charge is 2.17. The van der Waals surface area contributed by atoms with Crippen LogP contribution >= 0.6 is 0 Å². The van der Waals surface area contributed by atoms with Crippen LogP contribution in [0.15, 0.2) is 65.7 Å². The van der Waals surface area contributed by atoms with E-state index in [9.17, 15) is 14.7 Å². The van der Waals surface area contributed by atoms with Crippen LogP contribution in [0.2, 0.25) is 0 Å². The summed E-state index contributed by atoms with van der Waals surface area (Å²) >= 11 is 0. The van der Waals surface area contributed by atoms with Gasteiger partial charge in [0.2, 0.25) is 0 Å². The summed E-state index contributed by atoms with van der Waals surface area (Å²) in [5, 5.41) is 9.33. The molecule has 3 rings (SSSR count). The van der Waals surface area contributed by atoms with Crippen molar-refractivity contribution in [3.63, 3.8) is 0 Å². The molecule has 0 saturated carbocycles. The number of hydrogen-bond donors (Lipinski definition) is 1. The Labute approximate surface area is 175 Å². The van der Waals surface area contributed by atoms with Gasteiger partial charge in [-0.25, -0.2) is 9.78 Å². The first kappa shape index (κ1) is 21.3. The van der Waals surface area contributed by atoms with Crippen molar-refractivity contribution in [1.29, 1.82) is 0 Å². The molecule has 0 atom stereocenters. The summed E-state index contributed by atoms with van der Waals surface area (Å²) in [6, 6.07) is 14.7. The predicted molar refractivity (Wildman–Crippen MR) is 118 cm³/mol. The molecule has 0 bridgehead atoms. The van der Waals surface area contributed by atoms with Crippen LogP contribution in [0.5, 0.6) is 0 Å². The van der Waals surface area contributed by atoms with Crippen molar-refractivity contribution in [2.75, 3.05) is 32.1 Å². The first-order valence-electron chi connectivity index (χ1n) is 9.72. The van der Waals surface area contributed by atoms with E-state index in [1.165, 1.54) is 16.7 Å². The van der Waals surface area contributed by atoms with Gasteiger partial charge < -0.3 is 14.9 Å². The van der Waals surface area contributed by atoms with Gasteiger partial charge in [0.05, 0.1) is 11.3 Å². The zero-order chi connectivity index (χ0) is 21.7. The monoisotopic (exact) mass is 406 g/mol. The molecule has 0 spiro atoms. The number of nitrogens with zero attached hydrogens (tertiary/aromatic N) is 4. The van der Waals surface area contributed by atoms with Crippen molar-refractivity contribution in [1.82, 2.24) is 14.5 Å². The van der Waals surface area contributed by atoms with E-state index in [-0.39, 0.29) is 11.1 Å². The van der Waals surface area contributed by atoms with Gasteiger partial charge in [-0.3, -0.25) is 9.36 Å². The van der Waals surface area contributed by atoms with Gasteiger partial charge in [0.1, 0.15) is 0 Å². The zero-order valence-electron chi connectivity index (χ0n) is 17.4. The third-order valence-electron chi connectivity index (χ3n) is 4.87. The summed E-state index contributed by atoms with van der Waals surface area (Å²) in [6.07, 6.45) is 3.16. The number of benzene rings is 2. The Balaban J connectivity index is 2.05. The summed E-state index contributed by atoms with van der Waals surface area (Å²) in [6.45, 7) is 3.79. The highest BCUT2D eigenvalue weighted by Crippen LogP contribution is 2.17. The Morgan fingerprint density at radius 1 is 1.10 bits per heavy atom. The molecule has 1 aromatic heterocycles. The van der Waals surface area contributed by atoms with Crippen LogP contribution in [-0.4, -0.2) is 52.7 Å². The normalized spacial score (nSPS) is 10.9. The Bertz CT molecular complexity index is 1080. The van der Waals surface area contributed by atoms with Gasteiger partial charge in [-0.15, -0.1) is 0 Å². The third kappa shape index (κ3) is 4.93. The molecule has 0 saturated heterocycles. The van der Waals surface area contributed by atoms with E-state index in [4.69, 9.17) is 0 Å². The molecule has 1 N–H and O–H groups in total. The van der Waals surface area contributed by atoms with E-state index in [1.807, 2.05) is 56.3 Å². The molecule has 0 unspecified atom stereocenters. The van der Waals surface area contributed by atoms with Gasteiger partial charge in [0, 0.05) is 32.0 Å². The molecular formula is C23H26N4O3. The lowest BCUT2D eigenvalue weighted by molar-refractivity contribution is 0.0697. The average molecular weight is 406 g/mol. The van der Waals surface area contributed by atoms with E-state index in [0.29, 0.717) is 24.6 Å². The lowest BCUT2D eigenvalue weighted by atomic mass is 10.1. The van der Waals surface area contributed by atoms with Crippen molar-refractivity contribution in [2.45, 2.75) is 13.5 Å². The van der Waals surface area contributed by atoms with Crippen molar-refractivity contribution in [3.8, 4) is 5.69 Å². The number of aromatic nitrogens is 2. The molecule has 2 aromatic carbocycles. The number of rotatable bonds is 8. The standard InChI is InChI=1S/C23H26N4O3/c1-17-9-10-19(23(29)30)15-20(17)27-12-11-24-21(22(27)28)26(14-13-25(2)3)16-18-7-5-4-6-8-18/h4-12,15H,13-14,16H2,1-3H3,(H,29,30). The molecule has 0 radical (unpaired) electrons. The Morgan fingerprint density at radius 3 is 2.50 bits per heavy atom. The number of aryl methyl sites for hydroxylation is 1. The van der Waals surface area contributed by atoms with Crippen LogP contribution in [0.4, 0.5) is 5.82 Å². The molecule has 7 nitrogen and oxygen atoms in total.